The number of ether oxygens (including phenoxy) is 1. The molecule has 0 saturated carbocycles. The average Bonchev–Trinajstić information content (AvgIpc) is 2.73. The van der Waals surface area contributed by atoms with Crippen molar-refractivity contribution >= 4 is 0 Å². The largest absolute Gasteiger partial charge is 0.496 e. The molecule has 0 amide bonds. The van der Waals surface area contributed by atoms with Gasteiger partial charge < -0.3 is 4.74 Å². The molecular weight excluding hydrogens is 240 g/mol. The molecule has 0 aliphatic rings. The predicted octanol–water partition coefficient (Wildman–Crippen LogP) is 2.43. The standard InChI is InChI=1S/C15H20N2O2/c1-4-7-16-8-9-17(15(16)18)11-13-10-12(2)5-6-14(13)19-3/h5-6,8-10H,4,7,11H2,1-3H3. The molecular formula is C15H20N2O2. The second kappa shape index (κ2) is 5.78. The summed E-state index contributed by atoms with van der Waals surface area (Å²) in [5.74, 6) is 0.820. The van der Waals surface area contributed by atoms with Crippen molar-refractivity contribution in [3.8, 4) is 5.75 Å². The fourth-order valence-corrected chi connectivity index (χ4v) is 2.20. The van der Waals surface area contributed by atoms with E-state index in [2.05, 4.69) is 13.0 Å². The number of aryl methyl sites for hydroxylation is 2. The summed E-state index contributed by atoms with van der Waals surface area (Å²) in [6, 6.07) is 6.01. The van der Waals surface area contributed by atoms with Crippen LogP contribution < -0.4 is 10.4 Å². The summed E-state index contributed by atoms with van der Waals surface area (Å²) in [5.41, 5.74) is 2.22. The highest BCUT2D eigenvalue weighted by Gasteiger charge is 2.07. The molecule has 0 aliphatic heterocycles. The fourth-order valence-electron chi connectivity index (χ4n) is 2.20. The lowest BCUT2D eigenvalue weighted by Crippen LogP contribution is -2.24. The molecule has 19 heavy (non-hydrogen) atoms. The number of rotatable bonds is 5. The molecule has 0 fully saturated rings. The second-order valence-electron chi connectivity index (χ2n) is 4.72. The Balaban J connectivity index is 2.31. The molecule has 0 spiro atoms. The summed E-state index contributed by atoms with van der Waals surface area (Å²) in [6.07, 6.45) is 4.63. The van der Waals surface area contributed by atoms with Crippen molar-refractivity contribution in [3.05, 3.63) is 52.2 Å². The average molecular weight is 260 g/mol. The van der Waals surface area contributed by atoms with Crippen molar-refractivity contribution in [1.82, 2.24) is 9.13 Å². The smallest absolute Gasteiger partial charge is 0.328 e. The lowest BCUT2D eigenvalue weighted by Gasteiger charge is -2.09. The van der Waals surface area contributed by atoms with Crippen LogP contribution in [0.1, 0.15) is 24.5 Å². The van der Waals surface area contributed by atoms with Gasteiger partial charge in [-0.25, -0.2) is 4.79 Å². The van der Waals surface area contributed by atoms with Crippen LogP contribution in [-0.2, 0) is 13.1 Å². The van der Waals surface area contributed by atoms with Gasteiger partial charge in [0.25, 0.3) is 0 Å². The summed E-state index contributed by atoms with van der Waals surface area (Å²) in [7, 11) is 1.65. The van der Waals surface area contributed by atoms with E-state index in [0.29, 0.717) is 6.54 Å². The molecule has 1 aromatic heterocycles. The first-order valence-electron chi connectivity index (χ1n) is 6.54. The Morgan fingerprint density at radius 2 is 1.95 bits per heavy atom. The van der Waals surface area contributed by atoms with Crippen molar-refractivity contribution in [2.45, 2.75) is 33.4 Å². The van der Waals surface area contributed by atoms with E-state index in [1.54, 1.807) is 16.2 Å². The molecule has 4 nitrogen and oxygen atoms in total. The van der Waals surface area contributed by atoms with Crippen LogP contribution in [0, 0.1) is 6.92 Å². The molecule has 4 heteroatoms. The lowest BCUT2D eigenvalue weighted by molar-refractivity contribution is 0.408. The van der Waals surface area contributed by atoms with E-state index < -0.39 is 0 Å². The van der Waals surface area contributed by atoms with Crippen LogP contribution in [0.3, 0.4) is 0 Å². The highest BCUT2D eigenvalue weighted by atomic mass is 16.5. The highest BCUT2D eigenvalue weighted by molar-refractivity contribution is 5.37. The Morgan fingerprint density at radius 3 is 2.63 bits per heavy atom. The maximum Gasteiger partial charge on any atom is 0.328 e. The van der Waals surface area contributed by atoms with Crippen LogP contribution in [0.4, 0.5) is 0 Å². The minimum absolute atomic E-state index is 0.0328. The van der Waals surface area contributed by atoms with Crippen LogP contribution in [0.25, 0.3) is 0 Å². The number of methoxy groups -OCH3 is 1. The molecule has 0 aliphatic carbocycles. The number of benzene rings is 1. The molecule has 2 rings (SSSR count). The summed E-state index contributed by atoms with van der Waals surface area (Å²) >= 11 is 0. The Hall–Kier alpha value is -1.97. The molecule has 0 bridgehead atoms. The van der Waals surface area contributed by atoms with Crippen LogP contribution >= 0.6 is 0 Å². The van der Waals surface area contributed by atoms with Crippen molar-refractivity contribution in [2.24, 2.45) is 0 Å². The maximum atomic E-state index is 12.1. The molecule has 0 unspecified atom stereocenters. The molecule has 1 heterocycles. The fraction of sp³-hybridized carbons (Fsp3) is 0.400. The van der Waals surface area contributed by atoms with E-state index in [-0.39, 0.29) is 5.69 Å². The van der Waals surface area contributed by atoms with Gasteiger partial charge in [-0.1, -0.05) is 24.6 Å². The Morgan fingerprint density at radius 1 is 1.21 bits per heavy atom. The zero-order chi connectivity index (χ0) is 13.8. The van der Waals surface area contributed by atoms with E-state index in [1.807, 2.05) is 31.5 Å². The zero-order valence-corrected chi connectivity index (χ0v) is 11.7. The Kier molecular flexibility index (Phi) is 4.10. The minimum atomic E-state index is 0.0328. The third kappa shape index (κ3) is 2.89. The first kappa shape index (κ1) is 13.5. The molecule has 0 saturated heterocycles. The Bertz CT molecular complexity index is 611. The molecule has 2 aromatic rings. The molecule has 0 N–H and O–H groups in total. The van der Waals surface area contributed by atoms with Crippen molar-refractivity contribution in [1.29, 1.82) is 0 Å². The summed E-state index contributed by atoms with van der Waals surface area (Å²) in [4.78, 5) is 12.1. The van der Waals surface area contributed by atoms with E-state index >= 15 is 0 Å². The van der Waals surface area contributed by atoms with E-state index in [1.165, 1.54) is 0 Å². The number of hydrogen-bond donors (Lipinski definition) is 0. The van der Waals surface area contributed by atoms with E-state index in [0.717, 1.165) is 29.8 Å². The monoisotopic (exact) mass is 260 g/mol. The Labute approximate surface area is 113 Å². The zero-order valence-electron chi connectivity index (χ0n) is 11.7. The second-order valence-corrected chi connectivity index (χ2v) is 4.72. The normalized spacial score (nSPS) is 10.7. The van der Waals surface area contributed by atoms with Crippen molar-refractivity contribution in [2.75, 3.05) is 7.11 Å². The minimum Gasteiger partial charge on any atom is -0.496 e. The van der Waals surface area contributed by atoms with Gasteiger partial charge >= 0.3 is 5.69 Å². The number of imidazole rings is 1. The summed E-state index contributed by atoms with van der Waals surface area (Å²) in [6.45, 7) is 5.40. The number of hydrogen-bond acceptors (Lipinski definition) is 2. The first-order chi connectivity index (χ1) is 9.15. The van der Waals surface area contributed by atoms with Gasteiger partial charge in [0.1, 0.15) is 5.75 Å². The van der Waals surface area contributed by atoms with Crippen LogP contribution in [0.5, 0.6) is 5.75 Å². The van der Waals surface area contributed by atoms with Gasteiger partial charge in [0.15, 0.2) is 0 Å². The van der Waals surface area contributed by atoms with Crippen molar-refractivity contribution in [3.63, 3.8) is 0 Å². The first-order valence-corrected chi connectivity index (χ1v) is 6.54. The number of nitrogens with zero attached hydrogens (tertiary/aromatic N) is 2. The third-order valence-corrected chi connectivity index (χ3v) is 3.16. The quantitative estimate of drug-likeness (QED) is 0.827. The molecule has 1 aromatic carbocycles. The SMILES string of the molecule is CCCn1ccn(Cc2cc(C)ccc2OC)c1=O. The topological polar surface area (TPSA) is 36.2 Å². The van der Waals surface area contributed by atoms with Crippen molar-refractivity contribution < 1.29 is 4.74 Å². The predicted molar refractivity (Wildman–Crippen MR) is 75.8 cm³/mol. The van der Waals surface area contributed by atoms with Gasteiger partial charge in [0.2, 0.25) is 0 Å². The van der Waals surface area contributed by atoms with Crippen LogP contribution in [-0.4, -0.2) is 16.2 Å². The van der Waals surface area contributed by atoms with E-state index in [9.17, 15) is 4.79 Å². The van der Waals surface area contributed by atoms with Gasteiger partial charge in [-0.15, -0.1) is 0 Å². The third-order valence-electron chi connectivity index (χ3n) is 3.16. The van der Waals surface area contributed by atoms with E-state index in [4.69, 9.17) is 4.74 Å². The summed E-state index contributed by atoms with van der Waals surface area (Å²) < 4.78 is 8.80. The van der Waals surface area contributed by atoms with Crippen LogP contribution in [0.15, 0.2) is 35.4 Å². The maximum absolute atomic E-state index is 12.1. The molecule has 102 valence electrons. The van der Waals surface area contributed by atoms with Gasteiger partial charge in [-0.05, 0) is 19.4 Å². The van der Waals surface area contributed by atoms with Gasteiger partial charge in [0.05, 0.1) is 13.7 Å². The molecule has 0 radical (unpaired) electrons. The van der Waals surface area contributed by atoms with Crippen LogP contribution in [0.2, 0.25) is 0 Å². The van der Waals surface area contributed by atoms with Gasteiger partial charge in [-0.3, -0.25) is 9.13 Å². The lowest BCUT2D eigenvalue weighted by atomic mass is 10.1. The molecule has 0 atom stereocenters. The van der Waals surface area contributed by atoms with Gasteiger partial charge in [-0.2, -0.15) is 0 Å². The summed E-state index contributed by atoms with van der Waals surface area (Å²) in [5, 5.41) is 0. The number of aromatic nitrogens is 2. The van der Waals surface area contributed by atoms with Gasteiger partial charge in [0, 0.05) is 24.5 Å². The highest BCUT2D eigenvalue weighted by Crippen LogP contribution is 2.20.